The van der Waals surface area contributed by atoms with Crippen molar-refractivity contribution in [3.05, 3.63) is 40.1 Å². The van der Waals surface area contributed by atoms with Crippen LogP contribution in [-0.2, 0) is 5.54 Å². The van der Waals surface area contributed by atoms with Crippen LogP contribution in [-0.4, -0.2) is 15.0 Å². The van der Waals surface area contributed by atoms with Gasteiger partial charge in [0.25, 0.3) is 0 Å². The van der Waals surface area contributed by atoms with Crippen molar-refractivity contribution < 1.29 is 0 Å². The number of halogens is 2. The molecule has 2 N–H and O–H groups in total. The SMILES string of the molecule is CC(C)(N)c1cn(-c2cc(Cl)cc(Cl)c2)nn1. The molecular formula is C11H12Cl2N4. The third kappa shape index (κ3) is 2.77. The number of aromatic nitrogens is 3. The highest BCUT2D eigenvalue weighted by molar-refractivity contribution is 6.34. The Morgan fingerprint density at radius 1 is 1.18 bits per heavy atom. The van der Waals surface area contributed by atoms with Crippen LogP contribution in [0.3, 0.4) is 0 Å². The van der Waals surface area contributed by atoms with Crippen molar-refractivity contribution in [2.24, 2.45) is 5.73 Å². The maximum atomic E-state index is 5.94. The number of benzene rings is 1. The summed E-state index contributed by atoms with van der Waals surface area (Å²) in [5, 5.41) is 9.13. The van der Waals surface area contributed by atoms with Crippen LogP contribution in [0.25, 0.3) is 5.69 Å². The summed E-state index contributed by atoms with van der Waals surface area (Å²) in [7, 11) is 0. The summed E-state index contributed by atoms with van der Waals surface area (Å²) >= 11 is 11.9. The molecule has 0 saturated carbocycles. The number of nitrogens with zero attached hydrogens (tertiary/aromatic N) is 3. The van der Waals surface area contributed by atoms with Gasteiger partial charge >= 0.3 is 0 Å². The summed E-state index contributed by atoms with van der Waals surface area (Å²) in [4.78, 5) is 0. The zero-order valence-electron chi connectivity index (χ0n) is 9.48. The molecule has 1 heterocycles. The molecule has 2 rings (SSSR count). The van der Waals surface area contributed by atoms with E-state index >= 15 is 0 Å². The zero-order valence-corrected chi connectivity index (χ0v) is 11.0. The molecule has 0 aliphatic rings. The maximum Gasteiger partial charge on any atom is 0.102 e. The van der Waals surface area contributed by atoms with Crippen molar-refractivity contribution in [1.82, 2.24) is 15.0 Å². The van der Waals surface area contributed by atoms with Gasteiger partial charge in [-0.3, -0.25) is 0 Å². The molecule has 0 radical (unpaired) electrons. The van der Waals surface area contributed by atoms with Crippen LogP contribution in [0.4, 0.5) is 0 Å². The van der Waals surface area contributed by atoms with E-state index in [2.05, 4.69) is 10.3 Å². The van der Waals surface area contributed by atoms with Gasteiger partial charge in [0.2, 0.25) is 0 Å². The van der Waals surface area contributed by atoms with E-state index in [0.717, 1.165) is 5.69 Å². The number of hydrogen-bond acceptors (Lipinski definition) is 3. The van der Waals surface area contributed by atoms with Crippen molar-refractivity contribution >= 4 is 23.2 Å². The Hall–Kier alpha value is -1.10. The Bertz CT molecular complexity index is 522. The van der Waals surface area contributed by atoms with E-state index in [9.17, 15) is 0 Å². The van der Waals surface area contributed by atoms with Crippen LogP contribution in [0, 0.1) is 0 Å². The summed E-state index contributed by atoms with van der Waals surface area (Å²) in [6.45, 7) is 3.73. The molecule has 2 aromatic rings. The van der Waals surface area contributed by atoms with Gasteiger partial charge in [0.15, 0.2) is 0 Å². The second-order valence-corrected chi connectivity index (χ2v) is 5.27. The van der Waals surface area contributed by atoms with E-state index in [4.69, 9.17) is 28.9 Å². The quantitative estimate of drug-likeness (QED) is 0.913. The van der Waals surface area contributed by atoms with E-state index < -0.39 is 5.54 Å². The predicted molar refractivity (Wildman–Crippen MR) is 68.6 cm³/mol. The molecule has 0 aliphatic carbocycles. The average Bonchev–Trinajstić information content (AvgIpc) is 2.63. The van der Waals surface area contributed by atoms with Crippen molar-refractivity contribution in [2.45, 2.75) is 19.4 Å². The topological polar surface area (TPSA) is 56.7 Å². The van der Waals surface area contributed by atoms with Crippen LogP contribution in [0.15, 0.2) is 24.4 Å². The molecule has 17 heavy (non-hydrogen) atoms. The molecule has 0 amide bonds. The highest BCUT2D eigenvalue weighted by Crippen LogP contribution is 2.22. The number of hydrogen-bond donors (Lipinski definition) is 1. The van der Waals surface area contributed by atoms with Crippen LogP contribution < -0.4 is 5.73 Å². The van der Waals surface area contributed by atoms with E-state index in [1.54, 1.807) is 29.1 Å². The lowest BCUT2D eigenvalue weighted by Crippen LogP contribution is -2.29. The van der Waals surface area contributed by atoms with Gasteiger partial charge in [-0.1, -0.05) is 28.4 Å². The van der Waals surface area contributed by atoms with Crippen LogP contribution in [0.2, 0.25) is 10.0 Å². The molecule has 0 aliphatic heterocycles. The summed E-state index contributed by atoms with van der Waals surface area (Å²) in [5.41, 5.74) is 6.87. The molecule has 1 aromatic heterocycles. The lowest BCUT2D eigenvalue weighted by molar-refractivity contribution is 0.533. The summed E-state index contributed by atoms with van der Waals surface area (Å²) in [6, 6.07) is 5.18. The fourth-order valence-electron chi connectivity index (χ4n) is 1.36. The van der Waals surface area contributed by atoms with E-state index in [1.165, 1.54) is 0 Å². The summed E-state index contributed by atoms with van der Waals surface area (Å²) in [6.07, 6.45) is 1.77. The minimum Gasteiger partial charge on any atom is -0.320 e. The highest BCUT2D eigenvalue weighted by atomic mass is 35.5. The molecular weight excluding hydrogens is 259 g/mol. The van der Waals surface area contributed by atoms with Gasteiger partial charge < -0.3 is 5.73 Å². The summed E-state index contributed by atoms with van der Waals surface area (Å²) in [5.74, 6) is 0. The average molecular weight is 271 g/mol. The molecule has 0 atom stereocenters. The fraction of sp³-hybridized carbons (Fsp3) is 0.273. The van der Waals surface area contributed by atoms with Gasteiger partial charge in [0.05, 0.1) is 17.4 Å². The van der Waals surface area contributed by atoms with Gasteiger partial charge in [0, 0.05) is 10.0 Å². The van der Waals surface area contributed by atoms with Gasteiger partial charge in [0.1, 0.15) is 5.69 Å². The van der Waals surface area contributed by atoms with Crippen molar-refractivity contribution in [1.29, 1.82) is 0 Å². The molecule has 0 unspecified atom stereocenters. The Morgan fingerprint density at radius 2 is 1.76 bits per heavy atom. The molecule has 6 heteroatoms. The van der Waals surface area contributed by atoms with Gasteiger partial charge in [-0.05, 0) is 32.0 Å². The monoisotopic (exact) mass is 270 g/mol. The Kier molecular flexibility index (Phi) is 3.12. The van der Waals surface area contributed by atoms with Gasteiger partial charge in [-0.15, -0.1) is 5.10 Å². The smallest absolute Gasteiger partial charge is 0.102 e. The zero-order chi connectivity index (χ0) is 12.6. The number of rotatable bonds is 2. The Balaban J connectivity index is 2.44. The first-order valence-electron chi connectivity index (χ1n) is 5.04. The fourth-order valence-corrected chi connectivity index (χ4v) is 1.87. The third-order valence-corrected chi connectivity index (χ3v) is 2.70. The standard InChI is InChI=1S/C11H12Cl2N4/c1-11(2,14)10-6-17(16-15-10)9-4-7(12)3-8(13)5-9/h3-6H,14H2,1-2H3. The maximum absolute atomic E-state index is 5.94. The number of nitrogens with two attached hydrogens (primary N) is 1. The highest BCUT2D eigenvalue weighted by Gasteiger charge is 2.18. The molecule has 0 fully saturated rings. The van der Waals surface area contributed by atoms with Crippen LogP contribution in [0.1, 0.15) is 19.5 Å². The van der Waals surface area contributed by atoms with Gasteiger partial charge in [-0.25, -0.2) is 4.68 Å². The second-order valence-electron chi connectivity index (χ2n) is 4.40. The first kappa shape index (κ1) is 12.4. The molecule has 0 bridgehead atoms. The molecule has 0 spiro atoms. The summed E-state index contributed by atoms with van der Waals surface area (Å²) < 4.78 is 1.60. The minimum absolute atomic E-state index is 0.527. The lowest BCUT2D eigenvalue weighted by atomic mass is 10.0. The van der Waals surface area contributed by atoms with E-state index in [-0.39, 0.29) is 0 Å². The first-order chi connectivity index (χ1) is 7.86. The van der Waals surface area contributed by atoms with Gasteiger partial charge in [-0.2, -0.15) is 0 Å². The van der Waals surface area contributed by atoms with Crippen molar-refractivity contribution in [3.8, 4) is 5.69 Å². The second kappa shape index (κ2) is 4.29. The van der Waals surface area contributed by atoms with Crippen LogP contribution >= 0.6 is 23.2 Å². The van der Waals surface area contributed by atoms with E-state index in [1.807, 2.05) is 13.8 Å². The molecule has 90 valence electrons. The third-order valence-electron chi connectivity index (χ3n) is 2.27. The lowest BCUT2D eigenvalue weighted by Gasteiger charge is -2.13. The van der Waals surface area contributed by atoms with Crippen LogP contribution in [0.5, 0.6) is 0 Å². The molecule has 1 aromatic carbocycles. The Labute approximate surface area is 109 Å². The van der Waals surface area contributed by atoms with Crippen molar-refractivity contribution in [2.75, 3.05) is 0 Å². The predicted octanol–water partition coefficient (Wildman–Crippen LogP) is 2.77. The molecule has 0 saturated heterocycles. The minimum atomic E-state index is -0.527. The normalized spacial score (nSPS) is 11.8. The molecule has 4 nitrogen and oxygen atoms in total. The Morgan fingerprint density at radius 3 is 2.24 bits per heavy atom. The van der Waals surface area contributed by atoms with Crippen molar-refractivity contribution in [3.63, 3.8) is 0 Å². The first-order valence-corrected chi connectivity index (χ1v) is 5.80. The largest absolute Gasteiger partial charge is 0.320 e. The van der Waals surface area contributed by atoms with E-state index in [0.29, 0.717) is 15.7 Å².